The van der Waals surface area contributed by atoms with Crippen molar-refractivity contribution < 1.29 is 13.0 Å². The third-order valence-corrected chi connectivity index (χ3v) is 6.84. The summed E-state index contributed by atoms with van der Waals surface area (Å²) in [5.41, 5.74) is 0. The number of rotatable bonds is 19. The normalized spacial score (nSPS) is 9.38. The molecule has 0 bridgehead atoms. The van der Waals surface area contributed by atoms with Crippen LogP contribution in [0.3, 0.4) is 0 Å². The summed E-state index contributed by atoms with van der Waals surface area (Å²) in [6, 6.07) is 0. The molecule has 0 aliphatic rings. The molecule has 0 aliphatic carbocycles. The quantitative estimate of drug-likeness (QED) is 0.115. The van der Waals surface area contributed by atoms with Gasteiger partial charge in [-0.05, 0) is 6.92 Å². The van der Waals surface area contributed by atoms with Gasteiger partial charge in [-0.3, -0.25) is 4.55 Å². The van der Waals surface area contributed by atoms with E-state index in [1.54, 1.807) is 0 Å². The van der Waals surface area contributed by atoms with Gasteiger partial charge in [-0.2, -0.15) is 8.42 Å². The second kappa shape index (κ2) is 68.2. The van der Waals surface area contributed by atoms with Crippen LogP contribution in [0.2, 0.25) is 0 Å². The summed E-state index contributed by atoms with van der Waals surface area (Å²) in [4.78, 5) is 0. The molecule has 0 aromatic heterocycles. The fraction of sp³-hybridized carbons (Fsp3) is 1.00. The van der Waals surface area contributed by atoms with Crippen LogP contribution in [0.1, 0.15) is 244 Å². The van der Waals surface area contributed by atoms with Gasteiger partial charge in [-0.1, -0.05) is 237 Å². The first-order valence-electron chi connectivity index (χ1n) is 19.0. The Kier molecular flexibility index (Phi) is 93.5. The van der Waals surface area contributed by atoms with Crippen LogP contribution in [0.5, 0.6) is 0 Å². The Morgan fingerprint density at radius 1 is 0.286 bits per heavy atom. The van der Waals surface area contributed by atoms with E-state index in [1.165, 1.54) is 161 Å². The van der Waals surface area contributed by atoms with Gasteiger partial charge >= 0.3 is 0 Å². The molecule has 0 fully saturated rings. The largest absolute Gasteiger partial charge is 0.286 e. The molecule has 0 saturated carbocycles. The number of hydrogen-bond donors (Lipinski definition) is 1. The molecule has 3 nitrogen and oxygen atoms in total. The van der Waals surface area contributed by atoms with Gasteiger partial charge in [0.1, 0.15) is 0 Å². The van der Waals surface area contributed by atoms with Crippen LogP contribution in [0, 0.1) is 0 Å². The van der Waals surface area contributed by atoms with Crippen LogP contribution >= 0.6 is 0 Å². The van der Waals surface area contributed by atoms with Crippen LogP contribution in [-0.4, -0.2) is 18.7 Å². The summed E-state index contributed by atoms with van der Waals surface area (Å²) >= 11 is 0. The lowest BCUT2D eigenvalue weighted by Crippen LogP contribution is -1.97. The van der Waals surface area contributed by atoms with E-state index in [0.717, 1.165) is 0 Å². The first-order chi connectivity index (χ1) is 20.0. The van der Waals surface area contributed by atoms with Crippen LogP contribution in [0.4, 0.5) is 0 Å². The van der Waals surface area contributed by atoms with Crippen molar-refractivity contribution in [1.82, 2.24) is 0 Å². The Hall–Kier alpha value is -0.0900. The fourth-order valence-corrected chi connectivity index (χ4v) is 3.00. The monoisotopic (exact) mass is 627 g/mol. The minimum absolute atomic E-state index is 0.201. The molecule has 0 unspecified atom stereocenters. The van der Waals surface area contributed by atoms with Crippen LogP contribution in [0.25, 0.3) is 0 Å². The summed E-state index contributed by atoms with van der Waals surface area (Å²) in [5.74, 6) is -0.201. The summed E-state index contributed by atoms with van der Waals surface area (Å²) in [7, 11) is -3.66. The molecule has 0 radical (unpaired) electrons. The predicted octanol–water partition coefficient (Wildman–Crippen LogP) is 15.4. The van der Waals surface area contributed by atoms with Crippen molar-refractivity contribution in [3.05, 3.63) is 0 Å². The minimum Gasteiger partial charge on any atom is -0.286 e. The zero-order valence-electron chi connectivity index (χ0n) is 32.3. The van der Waals surface area contributed by atoms with Gasteiger partial charge in [0.2, 0.25) is 0 Å². The fourth-order valence-electron chi connectivity index (χ4n) is 3.00. The van der Waals surface area contributed by atoms with Crippen molar-refractivity contribution in [2.75, 3.05) is 5.75 Å². The van der Waals surface area contributed by atoms with Crippen molar-refractivity contribution in [3.8, 4) is 0 Å². The predicted molar refractivity (Wildman–Crippen MR) is 201 cm³/mol. The lowest BCUT2D eigenvalue weighted by atomic mass is 10.2. The minimum atomic E-state index is -3.66. The Labute approximate surface area is 272 Å². The molecule has 0 aliphatic heterocycles. The van der Waals surface area contributed by atoms with E-state index in [1.807, 2.05) is 0 Å². The van der Waals surface area contributed by atoms with Crippen molar-refractivity contribution in [2.24, 2.45) is 0 Å². The Balaban J connectivity index is -0.0000000681. The average Bonchev–Trinajstić information content (AvgIpc) is 3.00. The van der Waals surface area contributed by atoms with Crippen molar-refractivity contribution in [1.29, 1.82) is 0 Å². The second-order valence-electron chi connectivity index (χ2n) is 11.1. The standard InChI is InChI=1S/6C6H14.C2H6O3S/c6*1-3-5-6-4-2;1-2-6(3,4)5/h6*3-6H2,1-2H3;2H2,1H3,(H,3,4,5). The molecule has 266 valence electrons. The van der Waals surface area contributed by atoms with Gasteiger partial charge in [-0.15, -0.1) is 0 Å². The van der Waals surface area contributed by atoms with Crippen molar-refractivity contribution >= 4 is 10.1 Å². The molecule has 0 amide bonds. The summed E-state index contributed by atoms with van der Waals surface area (Å²) in [5, 5.41) is 0. The summed E-state index contributed by atoms with van der Waals surface area (Å²) in [6.07, 6.45) is 33.2. The maximum absolute atomic E-state index is 9.56. The highest BCUT2D eigenvalue weighted by Gasteiger charge is 1.93. The van der Waals surface area contributed by atoms with E-state index in [2.05, 4.69) is 83.1 Å². The van der Waals surface area contributed by atoms with E-state index < -0.39 is 10.1 Å². The third-order valence-electron chi connectivity index (χ3n) is 6.11. The lowest BCUT2D eigenvalue weighted by molar-refractivity contribution is 0.484. The van der Waals surface area contributed by atoms with Crippen LogP contribution < -0.4 is 0 Å². The number of unbranched alkanes of at least 4 members (excludes halogenated alkanes) is 18. The highest BCUT2D eigenvalue weighted by atomic mass is 32.2. The Morgan fingerprint density at radius 3 is 0.381 bits per heavy atom. The van der Waals surface area contributed by atoms with Gasteiger partial charge in [0.05, 0.1) is 5.75 Å². The summed E-state index contributed by atoms with van der Waals surface area (Å²) in [6.45, 7) is 28.2. The van der Waals surface area contributed by atoms with Crippen molar-refractivity contribution in [2.45, 2.75) is 244 Å². The first-order valence-corrected chi connectivity index (χ1v) is 20.6. The molecule has 4 heteroatoms. The van der Waals surface area contributed by atoms with E-state index in [-0.39, 0.29) is 5.75 Å². The van der Waals surface area contributed by atoms with Gasteiger partial charge in [0.25, 0.3) is 10.1 Å². The molecular weight excluding hydrogens is 536 g/mol. The zero-order chi connectivity index (χ0) is 34.2. The lowest BCUT2D eigenvalue weighted by Gasteiger charge is -1.86. The van der Waals surface area contributed by atoms with Gasteiger partial charge in [-0.25, -0.2) is 0 Å². The van der Waals surface area contributed by atoms with Gasteiger partial charge < -0.3 is 0 Å². The highest BCUT2D eigenvalue weighted by molar-refractivity contribution is 7.85. The molecule has 0 aromatic rings. The maximum Gasteiger partial charge on any atom is 0.264 e. The van der Waals surface area contributed by atoms with Crippen molar-refractivity contribution in [3.63, 3.8) is 0 Å². The highest BCUT2D eigenvalue weighted by Crippen LogP contribution is 1.98. The smallest absolute Gasteiger partial charge is 0.264 e. The molecule has 0 aromatic carbocycles. The Morgan fingerprint density at radius 2 is 0.357 bits per heavy atom. The molecule has 0 saturated heterocycles. The molecule has 0 atom stereocenters. The van der Waals surface area contributed by atoms with Gasteiger partial charge in [0.15, 0.2) is 0 Å². The molecule has 1 N–H and O–H groups in total. The topological polar surface area (TPSA) is 54.4 Å². The molecule has 42 heavy (non-hydrogen) atoms. The van der Waals surface area contributed by atoms with Crippen LogP contribution in [-0.2, 0) is 10.1 Å². The molecule has 0 rings (SSSR count). The van der Waals surface area contributed by atoms with Crippen LogP contribution in [0.15, 0.2) is 0 Å². The van der Waals surface area contributed by atoms with E-state index in [9.17, 15) is 8.42 Å². The second-order valence-corrected chi connectivity index (χ2v) is 12.9. The zero-order valence-corrected chi connectivity index (χ0v) is 33.2. The maximum atomic E-state index is 9.56. The first kappa shape index (κ1) is 57.6. The van der Waals surface area contributed by atoms with E-state index in [4.69, 9.17) is 4.55 Å². The number of hydrogen-bond acceptors (Lipinski definition) is 2. The SMILES string of the molecule is CCCCCC.CCCCCC.CCCCCC.CCCCCC.CCCCCC.CCCCCC.CCS(=O)(=O)O. The Bertz CT molecular complexity index is 336. The molecule has 0 spiro atoms. The van der Waals surface area contributed by atoms with E-state index in [0.29, 0.717) is 0 Å². The van der Waals surface area contributed by atoms with Gasteiger partial charge in [0, 0.05) is 0 Å². The van der Waals surface area contributed by atoms with E-state index >= 15 is 0 Å². The third kappa shape index (κ3) is 138. The summed E-state index contributed by atoms with van der Waals surface area (Å²) < 4.78 is 26.9. The molecule has 0 heterocycles. The average molecular weight is 627 g/mol. The molecular formula is C38H90O3S.